The molecule has 0 spiro atoms. The Kier molecular flexibility index (Phi) is 6.41. The van der Waals surface area contributed by atoms with E-state index >= 15 is 0 Å². The molecular weight excluding hydrogens is 352 g/mol. The standard InChI is InChI=1S/C23H22N2O3/c1-17-7-13-21(14-8-17)28-23(27)16-15-22(26)25-20-11-9-19(10-12-20)24-18-5-3-2-4-6-18/h2-14,24H,15-16H2,1H3,(H,25,26). The molecule has 3 rings (SSSR count). The summed E-state index contributed by atoms with van der Waals surface area (Å²) in [6.07, 6.45) is 0.0854. The summed E-state index contributed by atoms with van der Waals surface area (Å²) in [6.45, 7) is 1.96. The summed E-state index contributed by atoms with van der Waals surface area (Å²) in [5, 5.41) is 6.06. The topological polar surface area (TPSA) is 67.4 Å². The van der Waals surface area contributed by atoms with Crippen LogP contribution in [0.1, 0.15) is 18.4 Å². The average molecular weight is 374 g/mol. The summed E-state index contributed by atoms with van der Waals surface area (Å²) in [5.41, 5.74) is 3.68. The minimum absolute atomic E-state index is 0.0212. The first-order chi connectivity index (χ1) is 13.6. The highest BCUT2D eigenvalue weighted by atomic mass is 16.5. The van der Waals surface area contributed by atoms with Gasteiger partial charge < -0.3 is 15.4 Å². The number of para-hydroxylation sites is 1. The van der Waals surface area contributed by atoms with Gasteiger partial charge in [-0.1, -0.05) is 35.9 Å². The Morgan fingerprint density at radius 1 is 0.750 bits per heavy atom. The van der Waals surface area contributed by atoms with E-state index in [-0.39, 0.29) is 18.7 Å². The summed E-state index contributed by atoms with van der Waals surface area (Å²) in [4.78, 5) is 23.9. The first-order valence-electron chi connectivity index (χ1n) is 9.08. The van der Waals surface area contributed by atoms with Crippen LogP contribution in [0.4, 0.5) is 17.1 Å². The molecule has 3 aromatic rings. The van der Waals surface area contributed by atoms with E-state index in [4.69, 9.17) is 4.74 Å². The maximum Gasteiger partial charge on any atom is 0.311 e. The van der Waals surface area contributed by atoms with E-state index in [0.717, 1.165) is 16.9 Å². The van der Waals surface area contributed by atoms with Crippen LogP contribution >= 0.6 is 0 Å². The predicted octanol–water partition coefficient (Wildman–Crippen LogP) is 5.06. The number of carbonyl (C=O) groups excluding carboxylic acids is 2. The highest BCUT2D eigenvalue weighted by molar-refractivity contribution is 5.93. The van der Waals surface area contributed by atoms with Crippen molar-refractivity contribution in [2.75, 3.05) is 10.6 Å². The largest absolute Gasteiger partial charge is 0.427 e. The maximum absolute atomic E-state index is 12.1. The molecular formula is C23H22N2O3. The van der Waals surface area contributed by atoms with Gasteiger partial charge >= 0.3 is 5.97 Å². The monoisotopic (exact) mass is 374 g/mol. The van der Waals surface area contributed by atoms with Crippen molar-refractivity contribution in [1.29, 1.82) is 0 Å². The van der Waals surface area contributed by atoms with Gasteiger partial charge in [-0.25, -0.2) is 0 Å². The molecule has 5 heteroatoms. The summed E-state index contributed by atoms with van der Waals surface area (Å²) in [5.74, 6) is -0.177. The van der Waals surface area contributed by atoms with Crippen LogP contribution in [0.5, 0.6) is 5.75 Å². The lowest BCUT2D eigenvalue weighted by atomic mass is 10.2. The summed E-state index contributed by atoms with van der Waals surface area (Å²) < 4.78 is 5.22. The van der Waals surface area contributed by atoms with Gasteiger partial charge in [-0.15, -0.1) is 0 Å². The molecule has 3 aromatic carbocycles. The fourth-order valence-corrected chi connectivity index (χ4v) is 2.55. The van der Waals surface area contributed by atoms with Crippen LogP contribution in [0.25, 0.3) is 0 Å². The minimum atomic E-state index is -0.429. The second-order valence-electron chi connectivity index (χ2n) is 6.40. The molecule has 0 saturated heterocycles. The number of esters is 1. The molecule has 0 bridgehead atoms. The smallest absolute Gasteiger partial charge is 0.311 e. The van der Waals surface area contributed by atoms with Crippen molar-refractivity contribution in [3.8, 4) is 5.75 Å². The van der Waals surface area contributed by atoms with Crippen molar-refractivity contribution < 1.29 is 14.3 Å². The number of benzene rings is 3. The van der Waals surface area contributed by atoms with Crippen LogP contribution in [0.15, 0.2) is 78.9 Å². The first kappa shape index (κ1) is 19.2. The van der Waals surface area contributed by atoms with E-state index in [0.29, 0.717) is 11.4 Å². The van der Waals surface area contributed by atoms with Gasteiger partial charge in [0.05, 0.1) is 6.42 Å². The van der Waals surface area contributed by atoms with E-state index in [2.05, 4.69) is 10.6 Å². The fourth-order valence-electron chi connectivity index (χ4n) is 2.55. The van der Waals surface area contributed by atoms with Crippen LogP contribution in [-0.4, -0.2) is 11.9 Å². The SMILES string of the molecule is Cc1ccc(OC(=O)CCC(=O)Nc2ccc(Nc3ccccc3)cc2)cc1. The van der Waals surface area contributed by atoms with Gasteiger partial charge in [-0.2, -0.15) is 0 Å². The van der Waals surface area contributed by atoms with E-state index in [1.165, 1.54) is 0 Å². The van der Waals surface area contributed by atoms with Crippen LogP contribution in [0.3, 0.4) is 0 Å². The zero-order chi connectivity index (χ0) is 19.8. The molecule has 0 unspecified atom stereocenters. The molecule has 0 radical (unpaired) electrons. The number of ether oxygens (including phenoxy) is 1. The van der Waals surface area contributed by atoms with Crippen molar-refractivity contribution in [3.05, 3.63) is 84.4 Å². The molecule has 0 aliphatic carbocycles. The van der Waals surface area contributed by atoms with Gasteiger partial charge in [0.2, 0.25) is 5.91 Å². The average Bonchev–Trinajstić information content (AvgIpc) is 2.70. The molecule has 0 aromatic heterocycles. The van der Waals surface area contributed by atoms with Crippen LogP contribution in [0.2, 0.25) is 0 Å². The van der Waals surface area contributed by atoms with Gasteiger partial charge in [0.25, 0.3) is 0 Å². The number of carbonyl (C=O) groups is 2. The minimum Gasteiger partial charge on any atom is -0.427 e. The number of amides is 1. The number of aryl methyl sites for hydroxylation is 1. The molecule has 0 heterocycles. The maximum atomic E-state index is 12.1. The van der Waals surface area contributed by atoms with Crippen molar-refractivity contribution in [1.82, 2.24) is 0 Å². The Morgan fingerprint density at radius 3 is 2.04 bits per heavy atom. The molecule has 0 saturated carbocycles. The van der Waals surface area contributed by atoms with Gasteiger partial charge in [-0.05, 0) is 55.5 Å². The Bertz CT molecular complexity index is 920. The van der Waals surface area contributed by atoms with E-state index in [1.807, 2.05) is 73.7 Å². The number of nitrogens with one attached hydrogen (secondary N) is 2. The third kappa shape index (κ3) is 5.99. The molecule has 142 valence electrons. The summed E-state index contributed by atoms with van der Waals surface area (Å²) in [7, 11) is 0. The molecule has 0 aliphatic rings. The lowest BCUT2D eigenvalue weighted by Gasteiger charge is -2.09. The number of hydrogen-bond acceptors (Lipinski definition) is 4. The van der Waals surface area contributed by atoms with Crippen LogP contribution in [0, 0.1) is 6.92 Å². The molecule has 0 aliphatic heterocycles. The zero-order valence-electron chi connectivity index (χ0n) is 15.6. The predicted molar refractivity (Wildman–Crippen MR) is 111 cm³/mol. The van der Waals surface area contributed by atoms with Gasteiger partial charge in [0, 0.05) is 23.5 Å². The van der Waals surface area contributed by atoms with Crippen LogP contribution < -0.4 is 15.4 Å². The third-order valence-corrected chi connectivity index (χ3v) is 4.04. The number of hydrogen-bond donors (Lipinski definition) is 2. The van der Waals surface area contributed by atoms with E-state index < -0.39 is 5.97 Å². The summed E-state index contributed by atoms with van der Waals surface area (Å²) >= 11 is 0. The summed E-state index contributed by atoms with van der Waals surface area (Å²) in [6, 6.07) is 24.4. The third-order valence-electron chi connectivity index (χ3n) is 4.04. The fraction of sp³-hybridized carbons (Fsp3) is 0.130. The second kappa shape index (κ2) is 9.37. The molecule has 5 nitrogen and oxygen atoms in total. The Morgan fingerprint density at radius 2 is 1.36 bits per heavy atom. The molecule has 1 amide bonds. The Balaban J connectivity index is 1.44. The van der Waals surface area contributed by atoms with E-state index in [1.54, 1.807) is 12.1 Å². The second-order valence-corrected chi connectivity index (χ2v) is 6.40. The normalized spacial score (nSPS) is 10.2. The number of rotatable bonds is 7. The molecule has 0 fully saturated rings. The van der Waals surface area contributed by atoms with Gasteiger partial charge in [-0.3, -0.25) is 9.59 Å². The highest BCUT2D eigenvalue weighted by Crippen LogP contribution is 2.19. The highest BCUT2D eigenvalue weighted by Gasteiger charge is 2.09. The lowest BCUT2D eigenvalue weighted by molar-refractivity contribution is -0.135. The van der Waals surface area contributed by atoms with Gasteiger partial charge in [0.15, 0.2) is 0 Å². The van der Waals surface area contributed by atoms with Gasteiger partial charge in [0.1, 0.15) is 5.75 Å². The van der Waals surface area contributed by atoms with Crippen LogP contribution in [-0.2, 0) is 9.59 Å². The number of anilines is 3. The molecule has 28 heavy (non-hydrogen) atoms. The molecule has 0 atom stereocenters. The van der Waals surface area contributed by atoms with Crippen molar-refractivity contribution in [2.45, 2.75) is 19.8 Å². The zero-order valence-corrected chi connectivity index (χ0v) is 15.6. The Labute approximate surface area is 164 Å². The first-order valence-corrected chi connectivity index (χ1v) is 9.08. The lowest BCUT2D eigenvalue weighted by Crippen LogP contribution is -2.15. The van der Waals surface area contributed by atoms with Crippen molar-refractivity contribution in [2.24, 2.45) is 0 Å². The quantitative estimate of drug-likeness (QED) is 0.448. The van der Waals surface area contributed by atoms with E-state index in [9.17, 15) is 9.59 Å². The molecule has 2 N–H and O–H groups in total. The van der Waals surface area contributed by atoms with Crippen molar-refractivity contribution >= 4 is 28.9 Å². The van der Waals surface area contributed by atoms with Crippen molar-refractivity contribution in [3.63, 3.8) is 0 Å². The Hall–Kier alpha value is -3.60.